The summed E-state index contributed by atoms with van der Waals surface area (Å²) in [6.07, 6.45) is 0.946. The standard InChI is InChI=1S/C17H23ClN2O4/c1-13-2-4-15(5-3-13)24-12-16(21)20-9-6-14(7-10-20)19-17(22)23-11-8-18/h2-5,14H,6-12H2,1H3,(H,19,22). The Morgan fingerprint density at radius 3 is 2.54 bits per heavy atom. The molecule has 1 aliphatic rings. The maximum Gasteiger partial charge on any atom is 0.407 e. The van der Waals surface area contributed by atoms with Crippen LogP contribution in [0.4, 0.5) is 4.79 Å². The molecule has 1 aromatic rings. The molecule has 0 atom stereocenters. The first-order valence-electron chi connectivity index (χ1n) is 8.05. The molecule has 0 spiro atoms. The molecule has 0 aromatic heterocycles. The van der Waals surface area contributed by atoms with Gasteiger partial charge in [0.2, 0.25) is 0 Å². The lowest BCUT2D eigenvalue weighted by Gasteiger charge is -2.32. The third-order valence-corrected chi connectivity index (χ3v) is 4.02. The minimum Gasteiger partial charge on any atom is -0.484 e. The third kappa shape index (κ3) is 5.92. The van der Waals surface area contributed by atoms with Gasteiger partial charge in [0.05, 0.1) is 5.88 Å². The lowest BCUT2D eigenvalue weighted by atomic mass is 10.1. The molecule has 1 fully saturated rings. The van der Waals surface area contributed by atoms with Gasteiger partial charge in [-0.1, -0.05) is 17.7 Å². The van der Waals surface area contributed by atoms with Crippen LogP contribution in [-0.2, 0) is 9.53 Å². The van der Waals surface area contributed by atoms with Crippen LogP contribution in [-0.4, -0.2) is 55.1 Å². The number of hydrogen-bond acceptors (Lipinski definition) is 4. The molecular formula is C17H23ClN2O4. The number of nitrogens with one attached hydrogen (secondary N) is 1. The Morgan fingerprint density at radius 1 is 1.25 bits per heavy atom. The minimum atomic E-state index is -0.455. The fourth-order valence-corrected chi connectivity index (χ4v) is 2.56. The summed E-state index contributed by atoms with van der Waals surface area (Å²) < 4.78 is 10.4. The van der Waals surface area contributed by atoms with Gasteiger partial charge in [0.15, 0.2) is 6.61 Å². The molecule has 6 nitrogen and oxygen atoms in total. The molecule has 24 heavy (non-hydrogen) atoms. The molecule has 1 aliphatic heterocycles. The van der Waals surface area contributed by atoms with E-state index in [1.165, 1.54) is 0 Å². The number of carbonyl (C=O) groups excluding carboxylic acids is 2. The van der Waals surface area contributed by atoms with Gasteiger partial charge in [-0.25, -0.2) is 4.79 Å². The molecule has 1 N–H and O–H groups in total. The number of aryl methyl sites for hydroxylation is 1. The molecule has 0 saturated carbocycles. The Kier molecular flexibility index (Phi) is 7.18. The average Bonchev–Trinajstić information content (AvgIpc) is 2.60. The third-order valence-electron chi connectivity index (χ3n) is 3.86. The normalized spacial score (nSPS) is 15.0. The van der Waals surface area contributed by atoms with Crippen LogP contribution in [0, 0.1) is 6.92 Å². The number of alkyl carbamates (subject to hydrolysis) is 1. The van der Waals surface area contributed by atoms with Gasteiger partial charge in [-0.3, -0.25) is 4.79 Å². The Morgan fingerprint density at radius 2 is 1.92 bits per heavy atom. The molecule has 1 saturated heterocycles. The zero-order chi connectivity index (χ0) is 17.4. The highest BCUT2D eigenvalue weighted by Crippen LogP contribution is 2.14. The highest BCUT2D eigenvalue weighted by Gasteiger charge is 2.24. The Hall–Kier alpha value is -1.95. The predicted octanol–water partition coefficient (Wildman–Crippen LogP) is 2.33. The molecule has 0 bridgehead atoms. The van der Waals surface area contributed by atoms with Gasteiger partial charge in [-0.15, -0.1) is 11.6 Å². The van der Waals surface area contributed by atoms with Crippen molar-refractivity contribution in [2.24, 2.45) is 0 Å². The molecule has 2 rings (SSSR count). The van der Waals surface area contributed by atoms with Crippen molar-refractivity contribution < 1.29 is 19.1 Å². The van der Waals surface area contributed by atoms with Crippen LogP contribution >= 0.6 is 11.6 Å². The number of rotatable bonds is 6. The van der Waals surface area contributed by atoms with E-state index in [0.29, 0.717) is 31.7 Å². The molecule has 0 aliphatic carbocycles. The van der Waals surface area contributed by atoms with Crippen LogP contribution in [0.15, 0.2) is 24.3 Å². The molecule has 1 heterocycles. The van der Waals surface area contributed by atoms with Gasteiger partial charge in [-0.2, -0.15) is 0 Å². The SMILES string of the molecule is Cc1ccc(OCC(=O)N2CCC(NC(=O)OCCCl)CC2)cc1. The van der Waals surface area contributed by atoms with E-state index in [1.54, 1.807) is 4.90 Å². The number of carbonyl (C=O) groups is 2. The van der Waals surface area contributed by atoms with Gasteiger partial charge in [-0.05, 0) is 31.9 Å². The number of halogens is 1. The van der Waals surface area contributed by atoms with Crippen molar-refractivity contribution in [3.05, 3.63) is 29.8 Å². The van der Waals surface area contributed by atoms with Crippen LogP contribution in [0.5, 0.6) is 5.75 Å². The summed E-state index contributed by atoms with van der Waals surface area (Å²) in [7, 11) is 0. The van der Waals surface area contributed by atoms with Crippen LogP contribution in [0.25, 0.3) is 0 Å². The summed E-state index contributed by atoms with van der Waals surface area (Å²) in [5.74, 6) is 0.924. The van der Waals surface area contributed by atoms with Crippen molar-refractivity contribution in [3.8, 4) is 5.75 Å². The first-order chi connectivity index (χ1) is 11.6. The molecule has 132 valence electrons. The smallest absolute Gasteiger partial charge is 0.407 e. The summed E-state index contributed by atoms with van der Waals surface area (Å²) in [4.78, 5) is 25.4. The molecule has 2 amide bonds. The van der Waals surface area contributed by atoms with E-state index in [-0.39, 0.29) is 31.0 Å². The van der Waals surface area contributed by atoms with E-state index in [0.717, 1.165) is 5.56 Å². The maximum absolute atomic E-state index is 12.2. The number of nitrogens with zero attached hydrogens (tertiary/aromatic N) is 1. The van der Waals surface area contributed by atoms with Crippen molar-refractivity contribution in [2.75, 3.05) is 32.2 Å². The van der Waals surface area contributed by atoms with Gasteiger partial charge in [0, 0.05) is 19.1 Å². The van der Waals surface area contributed by atoms with E-state index in [1.807, 2.05) is 31.2 Å². The van der Waals surface area contributed by atoms with Gasteiger partial charge >= 0.3 is 6.09 Å². The largest absolute Gasteiger partial charge is 0.484 e. The van der Waals surface area contributed by atoms with E-state index in [2.05, 4.69) is 5.32 Å². The van der Waals surface area contributed by atoms with Crippen LogP contribution in [0.1, 0.15) is 18.4 Å². The van der Waals surface area contributed by atoms with Crippen molar-refractivity contribution in [3.63, 3.8) is 0 Å². The summed E-state index contributed by atoms with van der Waals surface area (Å²) in [5, 5.41) is 2.79. The number of benzene rings is 1. The summed E-state index contributed by atoms with van der Waals surface area (Å²) >= 11 is 5.46. The van der Waals surface area contributed by atoms with E-state index >= 15 is 0 Å². The highest BCUT2D eigenvalue weighted by atomic mass is 35.5. The molecular weight excluding hydrogens is 332 g/mol. The van der Waals surface area contributed by atoms with Crippen molar-refractivity contribution in [1.29, 1.82) is 0 Å². The van der Waals surface area contributed by atoms with Crippen molar-refractivity contribution in [1.82, 2.24) is 10.2 Å². The summed E-state index contributed by atoms with van der Waals surface area (Å²) in [6.45, 7) is 3.41. The van der Waals surface area contributed by atoms with Crippen LogP contribution in [0.2, 0.25) is 0 Å². The predicted molar refractivity (Wildman–Crippen MR) is 91.5 cm³/mol. The van der Waals surface area contributed by atoms with Crippen LogP contribution in [0.3, 0.4) is 0 Å². The Balaban J connectivity index is 1.68. The van der Waals surface area contributed by atoms with E-state index < -0.39 is 6.09 Å². The Labute approximate surface area is 147 Å². The lowest BCUT2D eigenvalue weighted by Crippen LogP contribution is -2.47. The average molecular weight is 355 g/mol. The first kappa shape index (κ1) is 18.4. The lowest BCUT2D eigenvalue weighted by molar-refractivity contribution is -0.134. The Bertz CT molecular complexity index is 542. The number of alkyl halides is 1. The number of amides is 2. The van der Waals surface area contributed by atoms with Crippen LogP contribution < -0.4 is 10.1 Å². The second-order valence-corrected chi connectivity index (χ2v) is 6.10. The van der Waals surface area contributed by atoms with Gasteiger partial charge < -0.3 is 19.7 Å². The molecule has 1 aromatic carbocycles. The van der Waals surface area contributed by atoms with E-state index in [9.17, 15) is 9.59 Å². The summed E-state index contributed by atoms with van der Waals surface area (Å²) in [6, 6.07) is 7.62. The first-order valence-corrected chi connectivity index (χ1v) is 8.58. The number of piperidine rings is 1. The number of likely N-dealkylation sites (tertiary alicyclic amines) is 1. The van der Waals surface area contributed by atoms with Gasteiger partial charge in [0.25, 0.3) is 5.91 Å². The molecule has 7 heteroatoms. The number of hydrogen-bond donors (Lipinski definition) is 1. The minimum absolute atomic E-state index is 0.0230. The monoisotopic (exact) mass is 354 g/mol. The highest BCUT2D eigenvalue weighted by molar-refractivity contribution is 6.18. The fourth-order valence-electron chi connectivity index (χ4n) is 2.48. The fraction of sp³-hybridized carbons (Fsp3) is 0.529. The van der Waals surface area contributed by atoms with Crippen molar-refractivity contribution >= 4 is 23.6 Å². The zero-order valence-corrected chi connectivity index (χ0v) is 14.6. The topological polar surface area (TPSA) is 67.9 Å². The quantitative estimate of drug-likeness (QED) is 0.796. The van der Waals surface area contributed by atoms with Crippen molar-refractivity contribution in [2.45, 2.75) is 25.8 Å². The van der Waals surface area contributed by atoms with Gasteiger partial charge in [0.1, 0.15) is 12.4 Å². The van der Waals surface area contributed by atoms with E-state index in [4.69, 9.17) is 21.1 Å². The number of ether oxygens (including phenoxy) is 2. The second-order valence-electron chi connectivity index (χ2n) is 5.73. The second kappa shape index (κ2) is 9.37. The zero-order valence-electron chi connectivity index (χ0n) is 13.8. The molecule has 0 unspecified atom stereocenters. The molecule has 0 radical (unpaired) electrons. The maximum atomic E-state index is 12.2. The summed E-state index contributed by atoms with van der Waals surface area (Å²) in [5.41, 5.74) is 1.15.